The van der Waals surface area contributed by atoms with E-state index in [4.69, 9.17) is 9.47 Å². The van der Waals surface area contributed by atoms with Crippen molar-refractivity contribution in [2.24, 2.45) is 0 Å². The summed E-state index contributed by atoms with van der Waals surface area (Å²) in [7, 11) is 3.78. The first kappa shape index (κ1) is 21.4. The Balaban J connectivity index is 1.59. The van der Waals surface area contributed by atoms with Crippen molar-refractivity contribution in [2.75, 3.05) is 33.8 Å². The van der Waals surface area contributed by atoms with Gasteiger partial charge in [0.1, 0.15) is 17.1 Å². The summed E-state index contributed by atoms with van der Waals surface area (Å²) in [6, 6.07) is 10.9. The molecule has 0 bridgehead atoms. The van der Waals surface area contributed by atoms with Crippen LogP contribution < -0.4 is 15.0 Å². The Morgan fingerprint density at radius 3 is 2.87 bits per heavy atom. The standard InChI is InChI=1S/C24H31N3O4/c1-25-12-5-10-24(11-15-25)18-27(17-19-16-20(30-2)7-8-21(19)31-24)23(29)9-14-26-13-4-3-6-22(26)28/h3-4,6-8,13,16H,5,9-12,14-15,17-18H2,1-2H3. The molecular formula is C24H31N3O4. The average Bonchev–Trinajstić information content (AvgIpc) is 3.05. The Hall–Kier alpha value is -2.80. The lowest BCUT2D eigenvalue weighted by atomic mass is 9.93. The van der Waals surface area contributed by atoms with E-state index in [-0.39, 0.29) is 17.9 Å². The largest absolute Gasteiger partial charge is 0.497 e. The van der Waals surface area contributed by atoms with Crippen LogP contribution in [-0.2, 0) is 17.9 Å². The van der Waals surface area contributed by atoms with E-state index in [1.807, 2.05) is 29.2 Å². The number of pyridine rings is 1. The van der Waals surface area contributed by atoms with Crippen molar-refractivity contribution < 1.29 is 14.3 Å². The summed E-state index contributed by atoms with van der Waals surface area (Å²) in [5, 5.41) is 0. The van der Waals surface area contributed by atoms with Gasteiger partial charge in [0.05, 0.1) is 13.7 Å². The maximum absolute atomic E-state index is 13.3. The highest BCUT2D eigenvalue weighted by Crippen LogP contribution is 2.37. The van der Waals surface area contributed by atoms with Crippen molar-refractivity contribution in [2.45, 2.75) is 44.4 Å². The van der Waals surface area contributed by atoms with Gasteiger partial charge in [-0.15, -0.1) is 0 Å². The zero-order valence-corrected chi connectivity index (χ0v) is 18.4. The van der Waals surface area contributed by atoms with Crippen LogP contribution in [0.25, 0.3) is 0 Å². The maximum atomic E-state index is 13.3. The lowest BCUT2D eigenvalue weighted by molar-refractivity contribution is -0.134. The summed E-state index contributed by atoms with van der Waals surface area (Å²) in [5.74, 6) is 1.62. The molecule has 31 heavy (non-hydrogen) atoms. The van der Waals surface area contributed by atoms with E-state index < -0.39 is 5.60 Å². The summed E-state index contributed by atoms with van der Waals surface area (Å²) in [5.41, 5.74) is 0.469. The Kier molecular flexibility index (Phi) is 6.32. The molecule has 0 radical (unpaired) electrons. The molecule has 3 heterocycles. The summed E-state index contributed by atoms with van der Waals surface area (Å²) >= 11 is 0. The van der Waals surface area contributed by atoms with Gasteiger partial charge in [0.25, 0.3) is 5.56 Å². The number of carbonyl (C=O) groups excluding carboxylic acids is 1. The van der Waals surface area contributed by atoms with Crippen LogP contribution in [-0.4, -0.2) is 59.7 Å². The second kappa shape index (κ2) is 9.14. The first-order valence-electron chi connectivity index (χ1n) is 11.0. The van der Waals surface area contributed by atoms with E-state index in [1.54, 1.807) is 23.9 Å². The minimum absolute atomic E-state index is 0.0343. The minimum atomic E-state index is -0.399. The van der Waals surface area contributed by atoms with E-state index in [0.717, 1.165) is 49.4 Å². The molecule has 1 unspecified atom stereocenters. The van der Waals surface area contributed by atoms with Gasteiger partial charge in [-0.05, 0) is 50.7 Å². The fraction of sp³-hybridized carbons (Fsp3) is 0.500. The maximum Gasteiger partial charge on any atom is 0.250 e. The summed E-state index contributed by atoms with van der Waals surface area (Å²) in [6.45, 7) is 3.38. The third-order valence-electron chi connectivity index (χ3n) is 6.37. The summed E-state index contributed by atoms with van der Waals surface area (Å²) in [6.07, 6.45) is 4.81. The highest BCUT2D eigenvalue weighted by Gasteiger charge is 2.40. The molecule has 7 nitrogen and oxygen atoms in total. The Bertz CT molecular complexity index is 989. The number of hydrogen-bond donors (Lipinski definition) is 0. The highest BCUT2D eigenvalue weighted by molar-refractivity contribution is 5.76. The molecule has 1 aromatic heterocycles. The third kappa shape index (κ3) is 4.93. The van der Waals surface area contributed by atoms with E-state index in [0.29, 0.717) is 19.6 Å². The first-order chi connectivity index (χ1) is 15.0. The van der Waals surface area contributed by atoms with Crippen molar-refractivity contribution in [1.29, 1.82) is 0 Å². The molecule has 4 rings (SSSR count). The molecule has 0 saturated carbocycles. The zero-order valence-electron chi connectivity index (χ0n) is 18.4. The SMILES string of the molecule is COc1ccc2c(c1)CN(C(=O)CCn1ccccc1=O)CC1(CCCN(C)CC1)O2. The lowest BCUT2D eigenvalue weighted by Crippen LogP contribution is -2.48. The number of carbonyl (C=O) groups is 1. The number of aromatic nitrogens is 1. The fourth-order valence-electron chi connectivity index (χ4n) is 4.54. The van der Waals surface area contributed by atoms with Gasteiger partial charge in [-0.25, -0.2) is 0 Å². The number of ether oxygens (including phenoxy) is 2. The zero-order chi connectivity index (χ0) is 21.8. The predicted octanol–water partition coefficient (Wildman–Crippen LogP) is 2.52. The number of aryl methyl sites for hydroxylation is 1. The van der Waals surface area contributed by atoms with Gasteiger partial charge in [-0.3, -0.25) is 9.59 Å². The van der Waals surface area contributed by atoms with E-state index in [9.17, 15) is 9.59 Å². The molecule has 1 fully saturated rings. The molecule has 2 aliphatic heterocycles. The lowest BCUT2D eigenvalue weighted by Gasteiger charge is -2.35. The van der Waals surface area contributed by atoms with Crippen molar-refractivity contribution in [3.05, 3.63) is 58.5 Å². The molecule has 7 heteroatoms. The minimum Gasteiger partial charge on any atom is -0.497 e. The topological polar surface area (TPSA) is 64.0 Å². The predicted molar refractivity (Wildman–Crippen MR) is 118 cm³/mol. The van der Waals surface area contributed by atoms with Crippen LogP contribution in [0.1, 0.15) is 31.2 Å². The van der Waals surface area contributed by atoms with E-state index >= 15 is 0 Å². The number of benzene rings is 1. The van der Waals surface area contributed by atoms with Gasteiger partial charge in [-0.1, -0.05) is 6.07 Å². The molecule has 1 saturated heterocycles. The van der Waals surface area contributed by atoms with Crippen LogP contribution in [0.5, 0.6) is 11.5 Å². The van der Waals surface area contributed by atoms with E-state index in [2.05, 4.69) is 11.9 Å². The van der Waals surface area contributed by atoms with Gasteiger partial charge in [0.15, 0.2) is 0 Å². The molecule has 1 atom stereocenters. The number of rotatable bonds is 4. The second-order valence-corrected chi connectivity index (χ2v) is 8.65. The molecule has 1 spiro atoms. The Morgan fingerprint density at radius 1 is 1.19 bits per heavy atom. The molecule has 0 N–H and O–H groups in total. The van der Waals surface area contributed by atoms with Gasteiger partial charge >= 0.3 is 0 Å². The van der Waals surface area contributed by atoms with Gasteiger partial charge in [0, 0.05) is 50.3 Å². The van der Waals surface area contributed by atoms with Gasteiger partial charge in [0.2, 0.25) is 5.91 Å². The molecule has 2 aromatic rings. The van der Waals surface area contributed by atoms with Crippen molar-refractivity contribution in [3.63, 3.8) is 0 Å². The first-order valence-corrected chi connectivity index (χ1v) is 11.0. The molecule has 1 amide bonds. The molecule has 2 aliphatic rings. The highest BCUT2D eigenvalue weighted by atomic mass is 16.5. The van der Waals surface area contributed by atoms with Crippen molar-refractivity contribution >= 4 is 5.91 Å². The summed E-state index contributed by atoms with van der Waals surface area (Å²) in [4.78, 5) is 29.5. The Labute approximate surface area is 183 Å². The van der Waals surface area contributed by atoms with Crippen LogP contribution in [0.15, 0.2) is 47.4 Å². The third-order valence-corrected chi connectivity index (χ3v) is 6.37. The molecule has 166 valence electrons. The molecule has 1 aromatic carbocycles. The number of methoxy groups -OCH3 is 1. The molecular weight excluding hydrogens is 394 g/mol. The van der Waals surface area contributed by atoms with Gasteiger partial charge < -0.3 is 23.8 Å². The van der Waals surface area contributed by atoms with Crippen LogP contribution in [0.3, 0.4) is 0 Å². The Morgan fingerprint density at radius 2 is 2.06 bits per heavy atom. The van der Waals surface area contributed by atoms with Crippen molar-refractivity contribution in [1.82, 2.24) is 14.4 Å². The normalized spacial score (nSPS) is 21.7. The van der Waals surface area contributed by atoms with Gasteiger partial charge in [-0.2, -0.15) is 0 Å². The van der Waals surface area contributed by atoms with Crippen LogP contribution in [0.2, 0.25) is 0 Å². The second-order valence-electron chi connectivity index (χ2n) is 8.65. The quantitative estimate of drug-likeness (QED) is 0.753. The fourth-order valence-corrected chi connectivity index (χ4v) is 4.54. The number of nitrogens with zero attached hydrogens (tertiary/aromatic N) is 3. The number of likely N-dealkylation sites (tertiary alicyclic amines) is 1. The average molecular weight is 426 g/mol. The van der Waals surface area contributed by atoms with Crippen LogP contribution in [0.4, 0.5) is 0 Å². The van der Waals surface area contributed by atoms with Crippen molar-refractivity contribution in [3.8, 4) is 11.5 Å². The van der Waals surface area contributed by atoms with Crippen LogP contribution >= 0.6 is 0 Å². The monoisotopic (exact) mass is 425 g/mol. The van der Waals surface area contributed by atoms with Crippen LogP contribution in [0, 0.1) is 0 Å². The number of hydrogen-bond acceptors (Lipinski definition) is 5. The number of fused-ring (bicyclic) bond motifs is 1. The number of amides is 1. The van der Waals surface area contributed by atoms with E-state index in [1.165, 1.54) is 6.07 Å². The smallest absolute Gasteiger partial charge is 0.250 e. The summed E-state index contributed by atoms with van der Waals surface area (Å²) < 4.78 is 13.6. The molecule has 0 aliphatic carbocycles.